The molecule has 0 bridgehead atoms. The molecule has 0 atom stereocenters. The lowest BCUT2D eigenvalue weighted by Gasteiger charge is -2.46. The molecule has 0 aromatic heterocycles. The van der Waals surface area contributed by atoms with E-state index in [4.69, 9.17) is 9.47 Å². The van der Waals surface area contributed by atoms with Gasteiger partial charge < -0.3 is 19.5 Å². The number of carboxylic acids is 1. The highest BCUT2D eigenvalue weighted by Crippen LogP contribution is 2.32. The Kier molecular flexibility index (Phi) is 4.57. The summed E-state index contributed by atoms with van der Waals surface area (Å²) in [7, 11) is 0. The summed E-state index contributed by atoms with van der Waals surface area (Å²) in [6, 6.07) is 0. The fraction of sp³-hybridized carbons (Fsp3) is 0.692. The number of likely N-dealkylation sites (tertiary alicyclic amines) is 1. The first-order chi connectivity index (χ1) is 8.70. The van der Waals surface area contributed by atoms with Crippen LogP contribution in [0.4, 0.5) is 4.79 Å². The normalized spacial score (nSPS) is 17.5. The van der Waals surface area contributed by atoms with Crippen molar-refractivity contribution in [3.05, 3.63) is 12.7 Å². The van der Waals surface area contributed by atoms with E-state index < -0.39 is 23.1 Å². The van der Waals surface area contributed by atoms with Crippen LogP contribution in [0.2, 0.25) is 0 Å². The second-order valence-electron chi connectivity index (χ2n) is 5.73. The molecular formula is C13H21NO5. The zero-order chi connectivity index (χ0) is 14.7. The number of amides is 1. The van der Waals surface area contributed by atoms with E-state index in [1.807, 2.05) is 0 Å². The van der Waals surface area contributed by atoms with Crippen molar-refractivity contribution in [1.82, 2.24) is 4.90 Å². The van der Waals surface area contributed by atoms with E-state index in [1.165, 1.54) is 4.90 Å². The summed E-state index contributed by atoms with van der Waals surface area (Å²) in [4.78, 5) is 24.4. The maximum absolute atomic E-state index is 11.7. The minimum absolute atomic E-state index is 0.0631. The minimum Gasteiger partial charge on any atom is -0.481 e. The SMILES string of the molecule is C=CCOCC1(C(=O)O)CN(C(=O)OC(C)(C)C)C1. The third-order valence-corrected chi connectivity index (χ3v) is 2.71. The molecule has 0 aromatic rings. The molecule has 1 aliphatic rings. The first-order valence-corrected chi connectivity index (χ1v) is 6.10. The maximum atomic E-state index is 11.7. The molecule has 6 nitrogen and oxygen atoms in total. The summed E-state index contributed by atoms with van der Waals surface area (Å²) < 4.78 is 10.4. The number of rotatable bonds is 5. The van der Waals surface area contributed by atoms with E-state index in [2.05, 4.69) is 6.58 Å². The number of ether oxygens (including phenoxy) is 2. The minimum atomic E-state index is -1.03. The number of hydrogen-bond acceptors (Lipinski definition) is 4. The number of hydrogen-bond donors (Lipinski definition) is 1. The Morgan fingerprint density at radius 3 is 2.42 bits per heavy atom. The lowest BCUT2D eigenvalue weighted by Crippen LogP contribution is -2.64. The highest BCUT2D eigenvalue weighted by Gasteiger charge is 2.52. The molecular weight excluding hydrogens is 250 g/mol. The van der Waals surface area contributed by atoms with E-state index in [-0.39, 0.29) is 19.7 Å². The van der Waals surface area contributed by atoms with Gasteiger partial charge in [-0.15, -0.1) is 6.58 Å². The molecule has 0 radical (unpaired) electrons. The monoisotopic (exact) mass is 271 g/mol. The van der Waals surface area contributed by atoms with Crippen molar-refractivity contribution in [3.8, 4) is 0 Å². The average molecular weight is 271 g/mol. The number of aliphatic carboxylic acids is 1. The zero-order valence-electron chi connectivity index (χ0n) is 11.6. The van der Waals surface area contributed by atoms with Gasteiger partial charge in [-0.05, 0) is 20.8 Å². The second-order valence-corrected chi connectivity index (χ2v) is 5.73. The molecule has 1 saturated heterocycles. The second kappa shape index (κ2) is 5.61. The van der Waals surface area contributed by atoms with Crippen LogP contribution in [0.3, 0.4) is 0 Å². The fourth-order valence-electron chi connectivity index (χ4n) is 1.77. The molecule has 1 aliphatic heterocycles. The van der Waals surface area contributed by atoms with E-state index in [0.717, 1.165) is 0 Å². The standard InChI is InChI=1S/C13H21NO5/c1-5-6-18-9-13(10(15)16)7-14(8-13)11(17)19-12(2,3)4/h5H,1,6-9H2,2-4H3,(H,15,16). The highest BCUT2D eigenvalue weighted by atomic mass is 16.6. The van der Waals surface area contributed by atoms with E-state index in [1.54, 1.807) is 26.8 Å². The van der Waals surface area contributed by atoms with Gasteiger partial charge in [0.05, 0.1) is 13.2 Å². The molecule has 1 amide bonds. The van der Waals surface area contributed by atoms with E-state index in [0.29, 0.717) is 6.61 Å². The maximum Gasteiger partial charge on any atom is 0.410 e. The van der Waals surface area contributed by atoms with Crippen LogP contribution in [0.25, 0.3) is 0 Å². The Labute approximate surface area is 113 Å². The van der Waals surface area contributed by atoms with Gasteiger partial charge in [0.15, 0.2) is 0 Å². The van der Waals surface area contributed by atoms with Crippen molar-refractivity contribution in [3.63, 3.8) is 0 Å². The van der Waals surface area contributed by atoms with E-state index in [9.17, 15) is 14.7 Å². The topological polar surface area (TPSA) is 76.1 Å². The first kappa shape index (κ1) is 15.5. The quantitative estimate of drug-likeness (QED) is 0.606. The Hall–Kier alpha value is -1.56. The molecule has 0 unspecified atom stereocenters. The van der Waals surface area contributed by atoms with Crippen molar-refractivity contribution >= 4 is 12.1 Å². The summed E-state index contributed by atoms with van der Waals surface area (Å²) in [5.74, 6) is -0.962. The third kappa shape index (κ3) is 3.96. The predicted octanol–water partition coefficient (Wildman–Crippen LogP) is 1.51. The lowest BCUT2D eigenvalue weighted by molar-refractivity contribution is -0.165. The lowest BCUT2D eigenvalue weighted by atomic mass is 9.81. The summed E-state index contributed by atoms with van der Waals surface area (Å²) in [6.45, 7) is 9.36. The molecule has 1 heterocycles. The van der Waals surface area contributed by atoms with Gasteiger partial charge in [-0.25, -0.2) is 4.79 Å². The van der Waals surface area contributed by atoms with Crippen molar-refractivity contribution < 1.29 is 24.2 Å². The largest absolute Gasteiger partial charge is 0.481 e. The smallest absolute Gasteiger partial charge is 0.410 e. The van der Waals surface area contributed by atoms with Gasteiger partial charge in [0.2, 0.25) is 0 Å². The Morgan fingerprint density at radius 1 is 1.42 bits per heavy atom. The van der Waals surface area contributed by atoms with Crippen LogP contribution in [0.15, 0.2) is 12.7 Å². The average Bonchev–Trinajstić information content (AvgIpc) is 2.18. The van der Waals surface area contributed by atoms with Crippen molar-refractivity contribution in [2.24, 2.45) is 5.41 Å². The summed E-state index contributed by atoms with van der Waals surface area (Å²) in [5, 5.41) is 9.23. The molecule has 1 fully saturated rings. The molecule has 0 spiro atoms. The van der Waals surface area contributed by atoms with Crippen molar-refractivity contribution in [1.29, 1.82) is 0 Å². The van der Waals surface area contributed by atoms with Gasteiger partial charge in [-0.2, -0.15) is 0 Å². The zero-order valence-corrected chi connectivity index (χ0v) is 11.6. The van der Waals surface area contributed by atoms with Crippen LogP contribution in [0.1, 0.15) is 20.8 Å². The molecule has 1 rings (SSSR count). The number of carboxylic acid groups (broad SMARTS) is 1. The summed E-state index contributed by atoms with van der Waals surface area (Å²) in [5.41, 5.74) is -1.61. The molecule has 6 heteroatoms. The Morgan fingerprint density at radius 2 is 2.00 bits per heavy atom. The van der Waals surface area contributed by atoms with Gasteiger partial charge in [0, 0.05) is 13.1 Å². The van der Waals surface area contributed by atoms with Gasteiger partial charge in [-0.1, -0.05) is 6.08 Å². The van der Waals surface area contributed by atoms with Gasteiger partial charge >= 0.3 is 12.1 Å². The first-order valence-electron chi connectivity index (χ1n) is 6.10. The molecule has 0 aromatic carbocycles. The van der Waals surface area contributed by atoms with Crippen LogP contribution in [0.5, 0.6) is 0 Å². The van der Waals surface area contributed by atoms with Crippen molar-refractivity contribution in [2.45, 2.75) is 26.4 Å². The summed E-state index contributed by atoms with van der Waals surface area (Å²) in [6.07, 6.45) is 1.06. The molecule has 0 aliphatic carbocycles. The third-order valence-electron chi connectivity index (χ3n) is 2.71. The van der Waals surface area contributed by atoms with Crippen molar-refractivity contribution in [2.75, 3.05) is 26.3 Å². The van der Waals surface area contributed by atoms with Gasteiger partial charge in [-0.3, -0.25) is 4.79 Å². The Bertz CT molecular complexity index is 366. The molecule has 108 valence electrons. The Balaban J connectivity index is 2.52. The van der Waals surface area contributed by atoms with E-state index >= 15 is 0 Å². The summed E-state index contributed by atoms with van der Waals surface area (Å²) >= 11 is 0. The van der Waals surface area contributed by atoms with Crippen LogP contribution in [-0.2, 0) is 14.3 Å². The van der Waals surface area contributed by atoms with Gasteiger partial charge in [0.25, 0.3) is 0 Å². The molecule has 0 saturated carbocycles. The molecule has 1 N–H and O–H groups in total. The van der Waals surface area contributed by atoms with Gasteiger partial charge in [0.1, 0.15) is 11.0 Å². The number of carbonyl (C=O) groups is 2. The fourth-order valence-corrected chi connectivity index (χ4v) is 1.77. The number of nitrogens with zero attached hydrogens (tertiary/aromatic N) is 1. The predicted molar refractivity (Wildman–Crippen MR) is 68.9 cm³/mol. The molecule has 19 heavy (non-hydrogen) atoms. The van der Waals surface area contributed by atoms with Crippen LogP contribution < -0.4 is 0 Å². The van der Waals surface area contributed by atoms with Crippen LogP contribution in [0, 0.1) is 5.41 Å². The van der Waals surface area contributed by atoms with Crippen LogP contribution >= 0.6 is 0 Å². The highest BCUT2D eigenvalue weighted by molar-refractivity contribution is 5.80. The van der Waals surface area contributed by atoms with Crippen LogP contribution in [-0.4, -0.2) is 54.0 Å². The number of carbonyl (C=O) groups excluding carboxylic acids is 1.